The summed E-state index contributed by atoms with van der Waals surface area (Å²) < 4.78 is 5.02. The number of alkyl halides is 1. The molecule has 1 N–H and O–H groups in total. The number of benzene rings is 2. The summed E-state index contributed by atoms with van der Waals surface area (Å²) in [6.45, 7) is 0. The number of nitrogens with one attached hydrogen (secondary N) is 1. The van der Waals surface area contributed by atoms with Crippen molar-refractivity contribution in [3.05, 3.63) is 67.0 Å². The topological polar surface area (TPSA) is 64.1 Å². The molecule has 120 valence electrons. The number of rotatable bonds is 5. The Kier molecular flexibility index (Phi) is 5.03. The highest BCUT2D eigenvalue weighted by Gasteiger charge is 2.04. The lowest BCUT2D eigenvalue weighted by atomic mass is 10.1. The second kappa shape index (κ2) is 7.57. The maximum absolute atomic E-state index is 11.1. The molecular weight excluding hydrogens is 326 g/mol. The van der Waals surface area contributed by atoms with E-state index in [0.29, 0.717) is 11.6 Å². The third kappa shape index (κ3) is 4.08. The molecule has 3 rings (SSSR count). The number of esters is 1. The average Bonchev–Trinajstić information content (AvgIpc) is 2.64. The minimum atomic E-state index is -0.485. The van der Waals surface area contributed by atoms with Gasteiger partial charge in [0.25, 0.3) is 0 Å². The zero-order chi connectivity index (χ0) is 16.8. The molecule has 2 aromatic carbocycles. The van der Waals surface area contributed by atoms with Gasteiger partial charge in [-0.05, 0) is 24.3 Å². The summed E-state index contributed by atoms with van der Waals surface area (Å²) in [5, 5.41) is 3.19. The van der Waals surface area contributed by atoms with Crippen molar-refractivity contribution < 1.29 is 9.53 Å². The molecule has 1 heterocycles. The van der Waals surface area contributed by atoms with Crippen molar-refractivity contribution in [2.24, 2.45) is 0 Å². The van der Waals surface area contributed by atoms with Crippen LogP contribution in [0.3, 0.4) is 0 Å². The van der Waals surface area contributed by atoms with E-state index in [0.717, 1.165) is 16.9 Å². The largest absolute Gasteiger partial charge is 0.426 e. The first-order valence-electron chi connectivity index (χ1n) is 7.26. The van der Waals surface area contributed by atoms with Crippen LogP contribution in [0.4, 0.5) is 11.5 Å². The van der Waals surface area contributed by atoms with E-state index in [4.69, 9.17) is 16.3 Å². The van der Waals surface area contributed by atoms with Crippen LogP contribution in [0.15, 0.2) is 67.0 Å². The number of carbonyl (C=O) groups is 1. The number of halogens is 1. The number of nitrogens with zero attached hydrogens (tertiary/aromatic N) is 2. The lowest BCUT2D eigenvalue weighted by molar-refractivity contribution is -0.131. The van der Waals surface area contributed by atoms with Crippen molar-refractivity contribution in [2.75, 3.05) is 11.2 Å². The number of ether oxygens (including phenoxy) is 1. The summed E-state index contributed by atoms with van der Waals surface area (Å²) in [7, 11) is 0. The van der Waals surface area contributed by atoms with Crippen molar-refractivity contribution in [3.8, 4) is 17.0 Å². The van der Waals surface area contributed by atoms with Gasteiger partial charge < -0.3 is 10.1 Å². The minimum absolute atomic E-state index is 0.177. The smallest absolute Gasteiger partial charge is 0.326 e. The molecule has 0 unspecified atom stereocenters. The van der Waals surface area contributed by atoms with E-state index in [9.17, 15) is 4.79 Å². The molecule has 0 atom stereocenters. The van der Waals surface area contributed by atoms with Crippen molar-refractivity contribution in [1.82, 2.24) is 9.97 Å². The van der Waals surface area contributed by atoms with E-state index >= 15 is 0 Å². The normalized spacial score (nSPS) is 10.2. The third-order valence-corrected chi connectivity index (χ3v) is 3.42. The van der Waals surface area contributed by atoms with Gasteiger partial charge in [-0.1, -0.05) is 30.3 Å². The summed E-state index contributed by atoms with van der Waals surface area (Å²) in [6.07, 6.45) is 1.52. The molecule has 0 saturated carbocycles. The van der Waals surface area contributed by atoms with E-state index in [2.05, 4.69) is 15.3 Å². The van der Waals surface area contributed by atoms with Crippen LogP contribution in [-0.4, -0.2) is 21.8 Å². The van der Waals surface area contributed by atoms with Crippen LogP contribution in [-0.2, 0) is 4.79 Å². The minimum Gasteiger partial charge on any atom is -0.426 e. The van der Waals surface area contributed by atoms with Gasteiger partial charge in [0.2, 0.25) is 0 Å². The molecular formula is C18H14ClN3O2. The van der Waals surface area contributed by atoms with Crippen molar-refractivity contribution in [3.63, 3.8) is 0 Å². The highest BCUT2D eigenvalue weighted by atomic mass is 35.5. The second-order valence-electron chi connectivity index (χ2n) is 4.91. The Balaban J connectivity index is 1.73. The van der Waals surface area contributed by atoms with E-state index in [1.807, 2.05) is 36.4 Å². The Morgan fingerprint density at radius 1 is 1.04 bits per heavy atom. The molecule has 0 spiro atoms. The first-order chi connectivity index (χ1) is 11.7. The number of aromatic nitrogens is 2. The van der Waals surface area contributed by atoms with Crippen LogP contribution in [0, 0.1) is 0 Å². The molecule has 0 aliphatic heterocycles. The van der Waals surface area contributed by atoms with Crippen LogP contribution in [0.2, 0.25) is 0 Å². The number of anilines is 2. The summed E-state index contributed by atoms with van der Waals surface area (Å²) >= 11 is 5.40. The number of hydrogen-bond acceptors (Lipinski definition) is 5. The van der Waals surface area contributed by atoms with Crippen LogP contribution < -0.4 is 10.1 Å². The molecule has 0 radical (unpaired) electrons. The molecule has 24 heavy (non-hydrogen) atoms. The molecule has 3 aromatic rings. The molecule has 6 heteroatoms. The zero-order valence-electron chi connectivity index (χ0n) is 12.6. The fourth-order valence-corrected chi connectivity index (χ4v) is 2.16. The van der Waals surface area contributed by atoms with Gasteiger partial charge in [-0.2, -0.15) is 0 Å². The highest BCUT2D eigenvalue weighted by Crippen LogP contribution is 2.22. The molecule has 0 amide bonds. The first-order valence-corrected chi connectivity index (χ1v) is 7.79. The number of hydrogen-bond donors (Lipinski definition) is 1. The van der Waals surface area contributed by atoms with Crippen molar-refractivity contribution >= 4 is 29.1 Å². The SMILES string of the molecule is O=C(CCl)Oc1ccc(Nc2cc(-c3ccccc3)ncn2)cc1. The third-order valence-electron chi connectivity index (χ3n) is 3.20. The van der Waals surface area contributed by atoms with Gasteiger partial charge in [-0.3, -0.25) is 4.79 Å². The van der Waals surface area contributed by atoms with Crippen LogP contribution >= 0.6 is 11.6 Å². The standard InChI is InChI=1S/C18H14ClN3O2/c19-11-18(23)24-15-8-6-14(7-9-15)22-17-10-16(20-12-21-17)13-4-2-1-3-5-13/h1-10,12H,11H2,(H,20,21,22). The van der Waals surface area contributed by atoms with Gasteiger partial charge in [0.1, 0.15) is 23.8 Å². The maximum atomic E-state index is 11.1. The average molecular weight is 340 g/mol. The molecule has 0 saturated heterocycles. The second-order valence-corrected chi connectivity index (χ2v) is 5.18. The molecule has 0 aliphatic rings. The Morgan fingerprint density at radius 3 is 2.50 bits per heavy atom. The summed E-state index contributed by atoms with van der Waals surface area (Å²) in [6, 6.07) is 18.7. The van der Waals surface area contributed by atoms with Gasteiger partial charge in [0.15, 0.2) is 0 Å². The summed E-state index contributed by atoms with van der Waals surface area (Å²) in [5.74, 6) is 0.456. The Labute approximate surface area is 144 Å². The van der Waals surface area contributed by atoms with E-state index in [1.165, 1.54) is 6.33 Å². The van der Waals surface area contributed by atoms with Gasteiger partial charge in [-0.25, -0.2) is 9.97 Å². The fraction of sp³-hybridized carbons (Fsp3) is 0.0556. The summed E-state index contributed by atoms with van der Waals surface area (Å²) in [5.41, 5.74) is 2.67. The van der Waals surface area contributed by atoms with Crippen LogP contribution in [0.25, 0.3) is 11.3 Å². The van der Waals surface area contributed by atoms with Gasteiger partial charge in [0, 0.05) is 17.3 Å². The Bertz CT molecular complexity index is 823. The van der Waals surface area contributed by atoms with Crippen molar-refractivity contribution in [1.29, 1.82) is 0 Å². The van der Waals surface area contributed by atoms with Crippen LogP contribution in [0.5, 0.6) is 5.75 Å². The first kappa shape index (κ1) is 16.0. The van der Waals surface area contributed by atoms with E-state index < -0.39 is 5.97 Å². The van der Waals surface area contributed by atoms with Crippen molar-refractivity contribution in [2.45, 2.75) is 0 Å². The Hall–Kier alpha value is -2.92. The predicted octanol–water partition coefficient (Wildman–Crippen LogP) is 4.03. The zero-order valence-corrected chi connectivity index (χ0v) is 13.4. The van der Waals surface area contributed by atoms with Gasteiger partial charge >= 0.3 is 5.97 Å². The van der Waals surface area contributed by atoms with E-state index in [1.54, 1.807) is 24.3 Å². The highest BCUT2D eigenvalue weighted by molar-refractivity contribution is 6.26. The molecule has 0 bridgehead atoms. The van der Waals surface area contributed by atoms with Gasteiger partial charge in [-0.15, -0.1) is 11.6 Å². The monoisotopic (exact) mass is 339 g/mol. The quantitative estimate of drug-likeness (QED) is 0.432. The fourth-order valence-electron chi connectivity index (χ4n) is 2.11. The maximum Gasteiger partial charge on any atom is 0.326 e. The molecule has 5 nitrogen and oxygen atoms in total. The summed E-state index contributed by atoms with van der Waals surface area (Å²) in [4.78, 5) is 19.6. The molecule has 0 aliphatic carbocycles. The Morgan fingerprint density at radius 2 is 1.79 bits per heavy atom. The molecule has 1 aromatic heterocycles. The van der Waals surface area contributed by atoms with Gasteiger partial charge in [0.05, 0.1) is 5.69 Å². The predicted molar refractivity (Wildman–Crippen MR) is 93.5 cm³/mol. The van der Waals surface area contributed by atoms with Crippen LogP contribution in [0.1, 0.15) is 0 Å². The lowest BCUT2D eigenvalue weighted by Gasteiger charge is -2.08. The van der Waals surface area contributed by atoms with E-state index in [-0.39, 0.29) is 5.88 Å². The lowest BCUT2D eigenvalue weighted by Crippen LogP contribution is -2.08. The molecule has 0 fully saturated rings. The number of carbonyl (C=O) groups excluding carboxylic acids is 1.